The first-order valence-electron chi connectivity index (χ1n) is 4.17. The largest absolute Gasteiger partial charge is 0.593 e. The van der Waals surface area contributed by atoms with Gasteiger partial charge in [0.2, 0.25) is 9.38 Å². The molecule has 0 unspecified atom stereocenters. The zero-order valence-corrected chi connectivity index (χ0v) is 12.6. The van der Waals surface area contributed by atoms with Crippen LogP contribution in [0, 0.1) is 6.92 Å². The average molecular weight is 226 g/mol. The molecule has 0 spiro atoms. The van der Waals surface area contributed by atoms with Crippen molar-refractivity contribution in [2.45, 2.75) is 6.92 Å². The van der Waals surface area contributed by atoms with Gasteiger partial charge in [-0.05, 0) is 23.7 Å². The molecule has 2 nitrogen and oxygen atoms in total. The average Bonchev–Trinajstić information content (AvgIpc) is 2.15. The zero-order chi connectivity index (χ0) is 9.52. The maximum atomic E-state index is 5.42. The number of hydrogen-bond acceptors (Lipinski definition) is 2. The van der Waals surface area contributed by atoms with E-state index in [1.54, 1.807) is 0 Å². The summed E-state index contributed by atoms with van der Waals surface area (Å²) in [4.78, 5) is 0. The molecule has 0 radical (unpaired) electrons. The molecule has 0 N–H and O–H groups in total. The number of benzene rings is 1. The van der Waals surface area contributed by atoms with Crippen LogP contribution in [0.25, 0.3) is 0 Å². The van der Waals surface area contributed by atoms with Crippen LogP contribution < -0.4 is 0 Å². The van der Waals surface area contributed by atoms with Crippen LogP contribution in [0.15, 0.2) is 24.3 Å². The Morgan fingerprint density at radius 3 is 2.92 bits per heavy atom. The van der Waals surface area contributed by atoms with Crippen LogP contribution in [0.2, 0.25) is 0 Å². The van der Waals surface area contributed by atoms with Crippen molar-refractivity contribution < 1.29 is 8.23 Å². The highest BCUT2D eigenvalue weighted by atomic mass is 28.3. The lowest BCUT2D eigenvalue weighted by atomic mass is 10.1. The summed E-state index contributed by atoms with van der Waals surface area (Å²) in [6.45, 7) is 2.12. The van der Waals surface area contributed by atoms with Gasteiger partial charge in [0.25, 0.3) is 0 Å². The molecule has 0 aliphatic rings. The second-order valence-corrected chi connectivity index (χ2v) is 7.22. The predicted molar refractivity (Wildman–Crippen MR) is 64.1 cm³/mol. The number of hydrogen-bond donors (Lipinski definition) is 0. The van der Waals surface area contributed by atoms with E-state index in [4.69, 9.17) is 8.23 Å². The highest BCUT2D eigenvalue weighted by molar-refractivity contribution is 6.51. The molecule has 0 saturated heterocycles. The second-order valence-electron chi connectivity index (χ2n) is 2.73. The highest BCUT2D eigenvalue weighted by Crippen LogP contribution is 2.02. The van der Waals surface area contributed by atoms with Crippen LogP contribution in [0.1, 0.15) is 11.1 Å². The van der Waals surface area contributed by atoms with Gasteiger partial charge in [-0.3, -0.25) is 0 Å². The summed E-state index contributed by atoms with van der Waals surface area (Å²) in [7, 11) is 0.152. The first kappa shape index (κ1) is 10.6. The zero-order valence-electron chi connectivity index (χ0n) is 7.99. The molecule has 0 aliphatic heterocycles. The summed E-state index contributed by atoms with van der Waals surface area (Å²) in [5.74, 6) is 0. The molecule has 0 bridgehead atoms. The molecule has 0 aromatic heterocycles. The van der Waals surface area contributed by atoms with Gasteiger partial charge in [-0.1, -0.05) is 24.3 Å². The van der Waals surface area contributed by atoms with Crippen molar-refractivity contribution >= 4 is 35.5 Å². The van der Waals surface area contributed by atoms with Gasteiger partial charge in [0.1, 0.15) is 10.5 Å². The Labute approximate surface area is 86.4 Å². The summed E-state index contributed by atoms with van der Waals surface area (Å²) in [5.41, 5.74) is 4.79. The lowest BCUT2D eigenvalue weighted by molar-refractivity contribution is 0.511. The fourth-order valence-corrected chi connectivity index (χ4v) is 3.99. The van der Waals surface area contributed by atoms with E-state index < -0.39 is 10.0 Å². The molecule has 0 fully saturated rings. The minimum absolute atomic E-state index is 0.0193. The maximum Gasteiger partial charge on any atom is 0.340 e. The van der Waals surface area contributed by atoms with Gasteiger partial charge < -0.3 is 8.23 Å². The van der Waals surface area contributed by atoms with Crippen molar-refractivity contribution in [3.63, 3.8) is 0 Å². The van der Waals surface area contributed by atoms with E-state index in [0.717, 1.165) is 10.5 Å². The van der Waals surface area contributed by atoms with Crippen LogP contribution >= 0.6 is 0 Å². The molecule has 0 heterocycles. The van der Waals surface area contributed by atoms with Crippen molar-refractivity contribution in [2.24, 2.45) is 0 Å². The summed E-state index contributed by atoms with van der Waals surface area (Å²) in [6, 6.07) is 8.35. The van der Waals surface area contributed by atoms with Gasteiger partial charge in [-0.2, -0.15) is 0 Å². The van der Waals surface area contributed by atoms with E-state index in [0.29, 0.717) is 0 Å². The monoisotopic (exact) mass is 226 g/mol. The van der Waals surface area contributed by atoms with Crippen LogP contribution in [-0.2, 0) is 8.23 Å². The summed E-state index contributed by atoms with van der Waals surface area (Å²) in [6.07, 6.45) is 0. The Balaban J connectivity index is 2.53. The molecule has 0 amide bonds. The molecule has 0 atom stereocenters. The third kappa shape index (κ3) is 3.81. The van der Waals surface area contributed by atoms with Gasteiger partial charge in [0, 0.05) is 0 Å². The summed E-state index contributed by atoms with van der Waals surface area (Å²) in [5, 5.41) is 0. The van der Waals surface area contributed by atoms with Crippen molar-refractivity contribution in [1.29, 1.82) is 0 Å². The summed E-state index contributed by atoms with van der Waals surface area (Å²) >= 11 is 0. The molecule has 0 saturated carbocycles. The van der Waals surface area contributed by atoms with Crippen molar-refractivity contribution in [2.75, 3.05) is 0 Å². The van der Waals surface area contributed by atoms with Crippen LogP contribution in [0.5, 0.6) is 0 Å². The molecule has 13 heavy (non-hydrogen) atoms. The number of aryl methyl sites for hydroxylation is 1. The molecule has 70 valence electrons. The third-order valence-electron chi connectivity index (χ3n) is 1.72. The van der Waals surface area contributed by atoms with Gasteiger partial charge in [-0.25, -0.2) is 0 Å². The summed E-state index contributed by atoms with van der Waals surface area (Å²) < 4.78 is 10.5. The Bertz CT molecular complexity index is 288. The Morgan fingerprint density at radius 1 is 1.46 bits per heavy atom. The molecule has 5 heteroatoms. The first-order chi connectivity index (χ1) is 6.34. The molecule has 1 rings (SSSR count). The number of rotatable bonds is 4. The lowest BCUT2D eigenvalue weighted by Crippen LogP contribution is -2.03. The smallest absolute Gasteiger partial charge is 0.340 e. The van der Waals surface area contributed by atoms with Crippen molar-refractivity contribution in [3.8, 4) is 0 Å². The SMILES string of the molecule is Cc1ccccc1C=[SiH]O[SiH2]O[SiH3]. The normalized spacial score (nSPS) is 11.8. The van der Waals surface area contributed by atoms with Crippen LogP contribution in [-0.4, -0.2) is 35.5 Å². The van der Waals surface area contributed by atoms with Crippen LogP contribution in [0.3, 0.4) is 0 Å². The van der Waals surface area contributed by atoms with Crippen LogP contribution in [0.4, 0.5) is 0 Å². The van der Waals surface area contributed by atoms with E-state index in [9.17, 15) is 0 Å². The molecular formula is C8H14O2Si3. The topological polar surface area (TPSA) is 18.5 Å². The second kappa shape index (κ2) is 6.03. The van der Waals surface area contributed by atoms with E-state index >= 15 is 0 Å². The fourth-order valence-electron chi connectivity index (χ4n) is 1.00. The highest BCUT2D eigenvalue weighted by Gasteiger charge is 1.90. The first-order valence-corrected chi connectivity index (χ1v) is 7.28. The van der Waals surface area contributed by atoms with Crippen molar-refractivity contribution in [1.82, 2.24) is 0 Å². The minimum Gasteiger partial charge on any atom is -0.593 e. The molecular weight excluding hydrogens is 212 g/mol. The predicted octanol–water partition coefficient (Wildman–Crippen LogP) is -1.19. The Kier molecular flexibility index (Phi) is 4.91. The maximum absolute atomic E-state index is 5.42. The standard InChI is InChI=1S/C8H14O2Si3/c1-7-4-2-3-5-8(7)6-12-10-13-9-11/h2-6,12H,13H2,1,11H3. The Hall–Kier alpha value is -0.499. The van der Waals surface area contributed by atoms with E-state index in [-0.39, 0.29) is 9.38 Å². The van der Waals surface area contributed by atoms with E-state index in [2.05, 4.69) is 36.9 Å². The van der Waals surface area contributed by atoms with Gasteiger partial charge in [0.05, 0.1) is 0 Å². The minimum atomic E-state index is -0.639. The van der Waals surface area contributed by atoms with Gasteiger partial charge in [0.15, 0.2) is 0 Å². The van der Waals surface area contributed by atoms with Gasteiger partial charge >= 0.3 is 10.0 Å². The van der Waals surface area contributed by atoms with Gasteiger partial charge in [-0.15, -0.1) is 0 Å². The van der Waals surface area contributed by atoms with E-state index in [1.807, 2.05) is 0 Å². The third-order valence-corrected chi connectivity index (χ3v) is 4.47. The lowest BCUT2D eigenvalue weighted by Gasteiger charge is -1.99. The van der Waals surface area contributed by atoms with Crippen molar-refractivity contribution in [3.05, 3.63) is 35.4 Å². The molecule has 1 aromatic carbocycles. The fraction of sp³-hybridized carbons (Fsp3) is 0.125. The quantitative estimate of drug-likeness (QED) is 0.475. The molecule has 1 aromatic rings. The Morgan fingerprint density at radius 2 is 2.23 bits per heavy atom. The molecule has 0 aliphatic carbocycles. The van der Waals surface area contributed by atoms with E-state index in [1.165, 1.54) is 11.1 Å².